The SMILES string of the molecule is O=C(O)CCc1cc(-c2nc3cc(Cl)c(Cl)cc3[nH]c2=O)cc([N+](=O)[O-])c1CCC(=O)O. The normalized spacial score (nSPS) is 10.9. The summed E-state index contributed by atoms with van der Waals surface area (Å²) in [5.41, 5.74) is -0.147. The molecule has 0 atom stereocenters. The van der Waals surface area contributed by atoms with Gasteiger partial charge in [-0.25, -0.2) is 4.98 Å². The Labute approximate surface area is 189 Å². The first kappa shape index (κ1) is 23.2. The fourth-order valence-corrected chi connectivity index (χ4v) is 3.60. The first-order chi connectivity index (χ1) is 15.1. The second-order valence-corrected chi connectivity index (χ2v) is 7.69. The van der Waals surface area contributed by atoms with Crippen molar-refractivity contribution in [1.29, 1.82) is 0 Å². The van der Waals surface area contributed by atoms with Crippen molar-refractivity contribution in [3.05, 3.63) is 65.9 Å². The molecule has 10 nitrogen and oxygen atoms in total. The Bertz CT molecular complexity index is 1320. The number of hydrogen-bond acceptors (Lipinski definition) is 6. The molecule has 32 heavy (non-hydrogen) atoms. The molecule has 3 N–H and O–H groups in total. The van der Waals surface area contributed by atoms with E-state index >= 15 is 0 Å². The molecule has 0 amide bonds. The topological polar surface area (TPSA) is 163 Å². The van der Waals surface area contributed by atoms with Gasteiger partial charge in [-0.05, 0) is 36.6 Å². The molecule has 0 radical (unpaired) electrons. The van der Waals surface area contributed by atoms with E-state index in [1.807, 2.05) is 0 Å². The van der Waals surface area contributed by atoms with E-state index in [-0.39, 0.29) is 58.1 Å². The largest absolute Gasteiger partial charge is 0.481 e. The van der Waals surface area contributed by atoms with Gasteiger partial charge >= 0.3 is 11.9 Å². The lowest BCUT2D eigenvalue weighted by Crippen LogP contribution is -2.13. The van der Waals surface area contributed by atoms with Crippen LogP contribution in [-0.4, -0.2) is 37.0 Å². The smallest absolute Gasteiger partial charge is 0.303 e. The first-order valence-corrected chi connectivity index (χ1v) is 9.95. The van der Waals surface area contributed by atoms with E-state index in [1.54, 1.807) is 0 Å². The lowest BCUT2D eigenvalue weighted by Gasteiger charge is -2.12. The average Bonchev–Trinajstić information content (AvgIpc) is 2.71. The van der Waals surface area contributed by atoms with Crippen LogP contribution in [0.25, 0.3) is 22.3 Å². The zero-order valence-electron chi connectivity index (χ0n) is 16.2. The number of aromatic amines is 1. The van der Waals surface area contributed by atoms with Gasteiger partial charge in [0.15, 0.2) is 0 Å². The molecule has 0 saturated carbocycles. The molecule has 0 saturated heterocycles. The molecule has 0 aliphatic heterocycles. The van der Waals surface area contributed by atoms with Crippen LogP contribution in [0.2, 0.25) is 10.0 Å². The quantitative estimate of drug-likeness (QED) is 0.323. The highest BCUT2D eigenvalue weighted by molar-refractivity contribution is 6.42. The third-order valence-electron chi connectivity index (χ3n) is 4.72. The van der Waals surface area contributed by atoms with Gasteiger partial charge in [-0.3, -0.25) is 24.5 Å². The summed E-state index contributed by atoms with van der Waals surface area (Å²) in [5.74, 6) is -2.29. The standard InChI is InChI=1S/C20H15Cl2N3O7/c21-12-7-14-15(8-13(12)22)24-20(30)19(23-14)10-5-9(1-3-17(26)27)11(2-4-18(28)29)16(6-10)25(31)32/h5-8H,1-4H2,(H,24,30)(H,26,27)(H,28,29). The Morgan fingerprint density at radius 1 is 1.03 bits per heavy atom. The summed E-state index contributed by atoms with van der Waals surface area (Å²) in [5, 5.41) is 30.2. The number of aliphatic carboxylic acids is 2. The van der Waals surface area contributed by atoms with Gasteiger partial charge in [-0.1, -0.05) is 23.2 Å². The summed E-state index contributed by atoms with van der Waals surface area (Å²) in [6.07, 6.45) is -0.979. The molecule has 12 heteroatoms. The fraction of sp³-hybridized carbons (Fsp3) is 0.200. The number of nitro groups is 1. The highest BCUT2D eigenvalue weighted by atomic mass is 35.5. The first-order valence-electron chi connectivity index (χ1n) is 9.20. The summed E-state index contributed by atoms with van der Waals surface area (Å²) in [7, 11) is 0. The van der Waals surface area contributed by atoms with E-state index in [2.05, 4.69) is 9.97 Å². The number of benzene rings is 2. The number of nitrogens with one attached hydrogen (secondary N) is 1. The Balaban J connectivity index is 2.23. The number of hydrogen-bond donors (Lipinski definition) is 3. The minimum absolute atomic E-state index is 0.0883. The van der Waals surface area contributed by atoms with Crippen LogP contribution < -0.4 is 5.56 Å². The maximum atomic E-state index is 12.7. The van der Waals surface area contributed by atoms with Crippen molar-refractivity contribution in [3.63, 3.8) is 0 Å². The Hall–Kier alpha value is -3.50. The van der Waals surface area contributed by atoms with Gasteiger partial charge in [0.25, 0.3) is 11.2 Å². The van der Waals surface area contributed by atoms with Crippen LogP contribution in [-0.2, 0) is 22.4 Å². The lowest BCUT2D eigenvalue weighted by atomic mass is 9.93. The molecular formula is C20H15Cl2N3O7. The molecule has 0 spiro atoms. The minimum atomic E-state index is -1.16. The molecule has 3 rings (SSSR count). The number of fused-ring (bicyclic) bond motifs is 1. The van der Waals surface area contributed by atoms with Crippen molar-refractivity contribution < 1.29 is 24.7 Å². The van der Waals surface area contributed by atoms with Crippen molar-refractivity contribution in [3.8, 4) is 11.3 Å². The molecular weight excluding hydrogens is 465 g/mol. The number of nitrogens with zero attached hydrogens (tertiary/aromatic N) is 2. The molecule has 1 heterocycles. The van der Waals surface area contributed by atoms with Crippen molar-refractivity contribution >= 4 is 51.9 Å². The van der Waals surface area contributed by atoms with E-state index in [0.29, 0.717) is 11.0 Å². The van der Waals surface area contributed by atoms with Gasteiger partial charge in [0.1, 0.15) is 5.69 Å². The number of aryl methyl sites for hydroxylation is 1. The van der Waals surface area contributed by atoms with Gasteiger partial charge in [0.05, 0.1) is 26.0 Å². The fourth-order valence-electron chi connectivity index (χ4n) is 3.28. The number of halogens is 2. The summed E-state index contributed by atoms with van der Waals surface area (Å²) in [6, 6.07) is 5.41. The van der Waals surface area contributed by atoms with Crippen LogP contribution in [0, 0.1) is 10.1 Å². The monoisotopic (exact) mass is 479 g/mol. The molecule has 0 fully saturated rings. The molecule has 0 unspecified atom stereocenters. The van der Waals surface area contributed by atoms with Gasteiger partial charge < -0.3 is 15.2 Å². The van der Waals surface area contributed by atoms with E-state index < -0.39 is 28.1 Å². The number of carboxylic acids is 2. The number of carboxylic acid groups (broad SMARTS) is 2. The highest BCUT2D eigenvalue weighted by Crippen LogP contribution is 2.32. The molecule has 0 aliphatic rings. The van der Waals surface area contributed by atoms with Gasteiger partial charge in [-0.15, -0.1) is 0 Å². The van der Waals surface area contributed by atoms with E-state index in [1.165, 1.54) is 18.2 Å². The molecule has 0 bridgehead atoms. The number of rotatable bonds is 8. The van der Waals surface area contributed by atoms with Crippen LogP contribution >= 0.6 is 23.2 Å². The van der Waals surface area contributed by atoms with E-state index in [9.17, 15) is 24.5 Å². The van der Waals surface area contributed by atoms with Crippen LogP contribution in [0.1, 0.15) is 24.0 Å². The second kappa shape index (κ2) is 9.33. The molecule has 166 valence electrons. The molecule has 1 aromatic heterocycles. The van der Waals surface area contributed by atoms with Crippen LogP contribution in [0.4, 0.5) is 5.69 Å². The van der Waals surface area contributed by atoms with Crippen LogP contribution in [0.15, 0.2) is 29.1 Å². The van der Waals surface area contributed by atoms with Gasteiger partial charge in [0.2, 0.25) is 0 Å². The van der Waals surface area contributed by atoms with Crippen molar-refractivity contribution in [2.24, 2.45) is 0 Å². The summed E-state index contributed by atoms with van der Waals surface area (Å²) >= 11 is 12.0. The molecule has 3 aromatic rings. The highest BCUT2D eigenvalue weighted by Gasteiger charge is 2.23. The second-order valence-electron chi connectivity index (χ2n) is 6.88. The third kappa shape index (κ3) is 5.04. The summed E-state index contributed by atoms with van der Waals surface area (Å²) < 4.78 is 0. The number of aromatic nitrogens is 2. The molecule has 0 aliphatic carbocycles. The van der Waals surface area contributed by atoms with E-state index in [0.717, 1.165) is 6.07 Å². The van der Waals surface area contributed by atoms with Crippen LogP contribution in [0.5, 0.6) is 0 Å². The average molecular weight is 480 g/mol. The minimum Gasteiger partial charge on any atom is -0.481 e. The summed E-state index contributed by atoms with van der Waals surface area (Å²) in [4.78, 5) is 52.6. The Morgan fingerprint density at radius 2 is 1.66 bits per heavy atom. The zero-order valence-corrected chi connectivity index (χ0v) is 17.7. The number of H-pyrrole nitrogens is 1. The van der Waals surface area contributed by atoms with Gasteiger partial charge in [0, 0.05) is 30.0 Å². The Morgan fingerprint density at radius 3 is 2.28 bits per heavy atom. The molecule has 2 aromatic carbocycles. The van der Waals surface area contributed by atoms with Crippen LogP contribution in [0.3, 0.4) is 0 Å². The predicted octanol–water partition coefficient (Wildman–Crippen LogP) is 3.84. The number of nitro benzene ring substituents is 1. The maximum absolute atomic E-state index is 12.7. The lowest BCUT2D eigenvalue weighted by molar-refractivity contribution is -0.385. The third-order valence-corrected chi connectivity index (χ3v) is 5.44. The van der Waals surface area contributed by atoms with E-state index in [4.69, 9.17) is 33.4 Å². The number of carbonyl (C=O) groups is 2. The predicted molar refractivity (Wildman–Crippen MR) is 116 cm³/mol. The zero-order chi connectivity index (χ0) is 23.6. The maximum Gasteiger partial charge on any atom is 0.303 e. The van der Waals surface area contributed by atoms with Crippen molar-refractivity contribution in [2.75, 3.05) is 0 Å². The van der Waals surface area contributed by atoms with Crippen molar-refractivity contribution in [2.45, 2.75) is 25.7 Å². The summed E-state index contributed by atoms with van der Waals surface area (Å²) in [6.45, 7) is 0. The van der Waals surface area contributed by atoms with Crippen molar-refractivity contribution in [1.82, 2.24) is 9.97 Å². The Kier molecular flexibility index (Phi) is 6.75. The van der Waals surface area contributed by atoms with Gasteiger partial charge in [-0.2, -0.15) is 0 Å².